The van der Waals surface area contributed by atoms with Gasteiger partial charge in [-0.3, -0.25) is 28.9 Å². The van der Waals surface area contributed by atoms with Crippen LogP contribution in [-0.2, 0) is 25.5 Å². The van der Waals surface area contributed by atoms with Gasteiger partial charge in [0.25, 0.3) is 11.8 Å². The van der Waals surface area contributed by atoms with Crippen LogP contribution in [0.4, 0.5) is 0 Å². The number of ether oxygens (including phenoxy) is 1. The summed E-state index contributed by atoms with van der Waals surface area (Å²) in [6, 6.07) is 4.82. The molecule has 5 heterocycles. The Morgan fingerprint density at radius 3 is 2.79 bits per heavy atom. The molecule has 5 aliphatic rings. The molecule has 0 bridgehead atoms. The number of fused-ring (bicyclic) bond motifs is 5. The van der Waals surface area contributed by atoms with Crippen LogP contribution in [0.25, 0.3) is 16.5 Å². The van der Waals surface area contributed by atoms with Gasteiger partial charge >= 0.3 is 0 Å². The molecule has 10 heteroatoms. The number of nitrogens with one attached hydrogen (secondary N) is 2. The van der Waals surface area contributed by atoms with Gasteiger partial charge in [0.2, 0.25) is 17.5 Å². The van der Waals surface area contributed by atoms with Crippen molar-refractivity contribution < 1.29 is 24.2 Å². The SMILES string of the molecule is CC[C@H](C)[C@H]1C(=O)N2CCC[C@H]2[C@]2(O)O[C@](NC(=O)[C@@H]3C=C4c5cccc6[nH]cc(c56)C[C@H]4N(C)C3)(C(C)C)C(=O)N12. The minimum atomic E-state index is -2.01. The third-order valence-electron chi connectivity index (χ3n) is 10.6. The molecular weight excluding hydrogens is 534 g/mol. The maximum absolute atomic E-state index is 14.4. The highest BCUT2D eigenvalue weighted by Crippen LogP contribution is 2.49. The molecule has 1 aromatic carbocycles. The first-order valence-corrected chi connectivity index (χ1v) is 15.4. The second-order valence-corrected chi connectivity index (χ2v) is 13.3. The monoisotopic (exact) mass is 575 g/mol. The summed E-state index contributed by atoms with van der Waals surface area (Å²) in [5, 5.41) is 16.4. The molecular formula is C32H41N5O5. The minimum Gasteiger partial charge on any atom is -0.361 e. The van der Waals surface area contributed by atoms with Crippen molar-refractivity contribution in [3.63, 3.8) is 0 Å². The fourth-order valence-corrected chi connectivity index (χ4v) is 8.11. The van der Waals surface area contributed by atoms with Gasteiger partial charge in [-0.1, -0.05) is 52.3 Å². The van der Waals surface area contributed by atoms with Crippen LogP contribution in [0.2, 0.25) is 0 Å². The first-order valence-electron chi connectivity index (χ1n) is 15.4. The van der Waals surface area contributed by atoms with E-state index in [0.29, 0.717) is 25.9 Å². The third kappa shape index (κ3) is 3.58. The van der Waals surface area contributed by atoms with Gasteiger partial charge in [-0.2, -0.15) is 0 Å². The third-order valence-corrected chi connectivity index (χ3v) is 10.6. The second kappa shape index (κ2) is 9.39. The summed E-state index contributed by atoms with van der Waals surface area (Å²) in [6.07, 6.45) is 6.87. The van der Waals surface area contributed by atoms with Crippen LogP contribution in [0, 0.1) is 17.8 Å². The van der Waals surface area contributed by atoms with Crippen LogP contribution in [-0.4, -0.2) is 92.4 Å². The largest absolute Gasteiger partial charge is 0.361 e. The predicted octanol–water partition coefficient (Wildman–Crippen LogP) is 2.43. The number of nitrogens with zero attached hydrogens (tertiary/aromatic N) is 3. The molecule has 2 aromatic rings. The predicted molar refractivity (Wildman–Crippen MR) is 156 cm³/mol. The molecule has 0 unspecified atom stereocenters. The number of likely N-dealkylation sites (N-methyl/N-ethyl adjacent to an activating group) is 1. The van der Waals surface area contributed by atoms with E-state index in [2.05, 4.69) is 33.5 Å². The fourth-order valence-electron chi connectivity index (χ4n) is 8.11. The second-order valence-electron chi connectivity index (χ2n) is 13.3. The number of hydrogen-bond acceptors (Lipinski definition) is 6. The van der Waals surface area contributed by atoms with Crippen LogP contribution in [0.15, 0.2) is 30.5 Å². The standard InChI is InChI=1S/C32H41N5O5/c1-6-18(4)27-29(39)36-12-8-11-25(36)32(41)37(27)30(40)31(42-32,17(2)3)34-28(38)20-13-22-21-9-7-10-23-26(21)19(15-33-23)14-24(22)35(5)16-20/h7,9-10,13,15,17-18,20,24-25,27,33,41H,6,8,11-12,14,16H2,1-5H3,(H,34,38)/t18-,20+,24+,25-,27-,31+,32-/m0/s1. The van der Waals surface area contributed by atoms with Crippen molar-refractivity contribution in [2.45, 2.75) is 83.1 Å². The van der Waals surface area contributed by atoms with Gasteiger partial charge in [-0.05, 0) is 55.0 Å². The maximum atomic E-state index is 14.4. The molecule has 224 valence electrons. The van der Waals surface area contributed by atoms with E-state index in [1.165, 1.54) is 15.8 Å². The maximum Gasteiger partial charge on any atom is 0.281 e. The van der Waals surface area contributed by atoms with E-state index in [1.54, 1.807) is 4.90 Å². The van der Waals surface area contributed by atoms with Gasteiger partial charge in [0.1, 0.15) is 12.1 Å². The van der Waals surface area contributed by atoms with E-state index in [0.717, 1.165) is 29.5 Å². The van der Waals surface area contributed by atoms with Crippen LogP contribution in [0.1, 0.15) is 58.1 Å². The number of piperazine rings is 1. The van der Waals surface area contributed by atoms with E-state index < -0.39 is 41.5 Å². The van der Waals surface area contributed by atoms with Gasteiger partial charge in [0.15, 0.2) is 0 Å². The Labute approximate surface area is 246 Å². The quantitative estimate of drug-likeness (QED) is 0.504. The number of aromatic nitrogens is 1. The first-order chi connectivity index (χ1) is 20.0. The lowest BCUT2D eigenvalue weighted by Gasteiger charge is -2.50. The summed E-state index contributed by atoms with van der Waals surface area (Å²) < 4.78 is 6.45. The molecule has 1 aliphatic carbocycles. The van der Waals surface area contributed by atoms with E-state index in [9.17, 15) is 19.5 Å². The lowest BCUT2D eigenvalue weighted by Crippen LogP contribution is -2.72. The van der Waals surface area contributed by atoms with Gasteiger partial charge in [0, 0.05) is 42.1 Å². The Hall–Kier alpha value is -3.21. The molecule has 0 saturated carbocycles. The molecule has 3 N–H and O–H groups in total. The number of H-pyrrole nitrogens is 1. The number of hydrogen-bond donors (Lipinski definition) is 3. The number of aromatic amines is 1. The average Bonchev–Trinajstić information content (AvgIpc) is 3.68. The molecule has 7 rings (SSSR count). The minimum absolute atomic E-state index is 0.150. The zero-order chi connectivity index (χ0) is 29.7. The molecule has 3 saturated heterocycles. The lowest BCUT2D eigenvalue weighted by atomic mass is 9.79. The number of aliphatic hydroxyl groups is 1. The number of rotatable bonds is 5. The molecule has 3 amide bonds. The van der Waals surface area contributed by atoms with Crippen molar-refractivity contribution in [3.05, 3.63) is 41.6 Å². The van der Waals surface area contributed by atoms with Crippen molar-refractivity contribution in [2.75, 3.05) is 20.1 Å². The molecule has 3 fully saturated rings. The summed E-state index contributed by atoms with van der Waals surface area (Å²) in [6.45, 7) is 8.50. The summed E-state index contributed by atoms with van der Waals surface area (Å²) in [4.78, 5) is 50.8. The summed E-state index contributed by atoms with van der Waals surface area (Å²) in [5.74, 6) is -4.28. The van der Waals surface area contributed by atoms with E-state index in [-0.39, 0.29) is 23.8 Å². The normalized spacial score (nSPS) is 34.9. The zero-order valence-electron chi connectivity index (χ0n) is 25.0. The van der Waals surface area contributed by atoms with E-state index >= 15 is 0 Å². The summed E-state index contributed by atoms with van der Waals surface area (Å²) in [7, 11) is 2.03. The van der Waals surface area contributed by atoms with Gasteiger partial charge in [-0.15, -0.1) is 0 Å². The van der Waals surface area contributed by atoms with Gasteiger partial charge in [-0.25, -0.2) is 0 Å². The van der Waals surface area contributed by atoms with Crippen molar-refractivity contribution in [2.24, 2.45) is 17.8 Å². The highest BCUT2D eigenvalue weighted by molar-refractivity contribution is 6.01. The number of amides is 3. The Morgan fingerprint density at radius 1 is 1.26 bits per heavy atom. The molecule has 42 heavy (non-hydrogen) atoms. The Morgan fingerprint density at radius 2 is 2.05 bits per heavy atom. The topological polar surface area (TPSA) is 118 Å². The summed E-state index contributed by atoms with van der Waals surface area (Å²) >= 11 is 0. The lowest BCUT2D eigenvalue weighted by molar-refractivity contribution is -0.324. The Balaban J connectivity index is 1.25. The smallest absolute Gasteiger partial charge is 0.281 e. The van der Waals surface area contributed by atoms with Crippen LogP contribution in [0.5, 0.6) is 0 Å². The van der Waals surface area contributed by atoms with Crippen molar-refractivity contribution >= 4 is 34.2 Å². The van der Waals surface area contributed by atoms with Crippen molar-refractivity contribution in [1.29, 1.82) is 0 Å². The molecule has 4 aliphatic heterocycles. The van der Waals surface area contributed by atoms with E-state index in [1.807, 2.05) is 46.9 Å². The highest BCUT2D eigenvalue weighted by Gasteiger charge is 2.72. The van der Waals surface area contributed by atoms with Gasteiger partial charge in [0.05, 0.1) is 5.92 Å². The zero-order valence-corrected chi connectivity index (χ0v) is 25.0. The Kier molecular flexibility index (Phi) is 6.18. The number of carbonyl (C=O) groups excluding carboxylic acids is 3. The fraction of sp³-hybridized carbons (Fsp3) is 0.594. The van der Waals surface area contributed by atoms with Crippen LogP contribution < -0.4 is 5.32 Å². The van der Waals surface area contributed by atoms with Crippen LogP contribution >= 0.6 is 0 Å². The van der Waals surface area contributed by atoms with Gasteiger partial charge < -0.3 is 20.3 Å². The average molecular weight is 576 g/mol. The van der Waals surface area contributed by atoms with E-state index in [4.69, 9.17) is 4.74 Å². The molecule has 0 radical (unpaired) electrons. The number of benzene rings is 1. The molecule has 10 nitrogen and oxygen atoms in total. The van der Waals surface area contributed by atoms with Crippen molar-refractivity contribution in [1.82, 2.24) is 25.0 Å². The summed E-state index contributed by atoms with van der Waals surface area (Å²) in [5.41, 5.74) is 2.79. The molecule has 7 atom stereocenters. The number of carbonyl (C=O) groups is 3. The van der Waals surface area contributed by atoms with Crippen molar-refractivity contribution in [3.8, 4) is 0 Å². The highest BCUT2D eigenvalue weighted by atomic mass is 16.7. The molecule has 0 spiro atoms. The van der Waals surface area contributed by atoms with Crippen LogP contribution in [0.3, 0.4) is 0 Å². The Bertz CT molecular complexity index is 1520. The first kappa shape index (κ1) is 27.6. The molecule has 1 aromatic heterocycles.